The summed E-state index contributed by atoms with van der Waals surface area (Å²) in [5, 5.41) is 5.48. The average molecular weight is 312 g/mol. The van der Waals surface area contributed by atoms with Gasteiger partial charge in [0.25, 0.3) is 6.29 Å². The summed E-state index contributed by atoms with van der Waals surface area (Å²) in [6, 6.07) is 0. The quantitative estimate of drug-likeness (QED) is 0.487. The minimum Gasteiger partial charge on any atom is -0.457 e. The molecule has 1 atom stereocenters. The van der Waals surface area contributed by atoms with E-state index in [0.29, 0.717) is 11.6 Å². The maximum absolute atomic E-state index is 11.9. The average Bonchev–Trinajstić information content (AvgIpc) is 2.79. The second kappa shape index (κ2) is 7.16. The smallest absolute Gasteiger partial charge is 0.350 e. The number of oxime groups is 1. The Morgan fingerprint density at radius 3 is 2.67 bits per heavy atom. The van der Waals surface area contributed by atoms with E-state index in [4.69, 9.17) is 15.3 Å². The number of hydrogen-bond donors (Lipinski definition) is 1. The monoisotopic (exact) mass is 312 g/mol. The highest BCUT2D eigenvalue weighted by Gasteiger charge is 2.25. The second-order valence-electron chi connectivity index (χ2n) is 5.15. The Kier molecular flexibility index (Phi) is 5.83. The summed E-state index contributed by atoms with van der Waals surface area (Å²) in [5.41, 5.74) is 4.96. The van der Waals surface area contributed by atoms with Crippen LogP contribution in [0.25, 0.3) is 0 Å². The molecular weight excluding hydrogens is 294 g/mol. The van der Waals surface area contributed by atoms with E-state index in [1.54, 1.807) is 39.4 Å². The van der Waals surface area contributed by atoms with Crippen LogP contribution in [0, 0.1) is 0 Å². The Bertz CT molecular complexity index is 534. The van der Waals surface area contributed by atoms with Gasteiger partial charge in [0.2, 0.25) is 6.10 Å². The highest BCUT2D eigenvalue weighted by atomic mass is 32.1. The van der Waals surface area contributed by atoms with Crippen LogP contribution in [-0.4, -0.2) is 34.7 Å². The number of ether oxygens (including phenoxy) is 1. The summed E-state index contributed by atoms with van der Waals surface area (Å²) < 4.78 is 5.20. The first-order valence-corrected chi connectivity index (χ1v) is 7.21. The van der Waals surface area contributed by atoms with Gasteiger partial charge in [0.05, 0.1) is 0 Å². The number of thiazole rings is 1. The second-order valence-corrected chi connectivity index (χ2v) is 6.04. The van der Waals surface area contributed by atoms with Gasteiger partial charge in [-0.3, -0.25) is 4.79 Å². The lowest BCUT2D eigenvalue weighted by molar-refractivity contribution is -0.168. The van der Waals surface area contributed by atoms with Gasteiger partial charge >= 0.3 is 5.97 Å². The molecule has 0 spiro atoms. The van der Waals surface area contributed by atoms with Crippen molar-refractivity contribution in [3.05, 3.63) is 11.1 Å². The van der Waals surface area contributed by atoms with Gasteiger partial charge in [0.1, 0.15) is 11.3 Å². The van der Waals surface area contributed by atoms with Gasteiger partial charge in [-0.05, 0) is 27.2 Å². The fraction of sp³-hybridized carbons (Fsp3) is 0.538. The zero-order valence-corrected chi connectivity index (χ0v) is 13.2. The van der Waals surface area contributed by atoms with Crippen molar-refractivity contribution in [3.63, 3.8) is 0 Å². The Morgan fingerprint density at radius 1 is 1.57 bits per heavy atom. The lowest BCUT2D eigenvalue weighted by atomic mass is 10.2. The summed E-state index contributed by atoms with van der Waals surface area (Å²) in [5.74, 6) is -0.545. The summed E-state index contributed by atoms with van der Waals surface area (Å²) in [7, 11) is 0. The minimum atomic E-state index is -0.899. The molecular formula is C13H18N3O4S. The van der Waals surface area contributed by atoms with Gasteiger partial charge in [-0.2, -0.15) is 0 Å². The number of nitrogens with two attached hydrogens (primary N) is 1. The normalized spacial score (nSPS) is 13.6. The molecule has 0 fully saturated rings. The molecule has 0 aliphatic heterocycles. The van der Waals surface area contributed by atoms with Gasteiger partial charge < -0.3 is 15.3 Å². The molecule has 1 aromatic heterocycles. The number of carbonyl (C=O) groups excluding carboxylic acids is 2. The molecule has 115 valence electrons. The van der Waals surface area contributed by atoms with Crippen molar-refractivity contribution in [2.24, 2.45) is 5.16 Å². The summed E-state index contributed by atoms with van der Waals surface area (Å²) in [6.45, 7) is 7.01. The molecule has 1 unspecified atom stereocenters. The number of nitrogen functional groups attached to an aromatic ring is 1. The fourth-order valence-corrected chi connectivity index (χ4v) is 1.83. The molecule has 1 aromatic rings. The van der Waals surface area contributed by atoms with Crippen molar-refractivity contribution in [3.8, 4) is 0 Å². The van der Waals surface area contributed by atoms with E-state index in [2.05, 4.69) is 10.1 Å². The van der Waals surface area contributed by atoms with E-state index in [1.807, 2.05) is 0 Å². The van der Waals surface area contributed by atoms with Crippen LogP contribution in [-0.2, 0) is 19.2 Å². The van der Waals surface area contributed by atoms with Crippen LogP contribution in [0.1, 0.15) is 39.8 Å². The molecule has 0 bridgehead atoms. The molecule has 7 nitrogen and oxygen atoms in total. The minimum absolute atomic E-state index is 0.148. The number of hydrogen-bond acceptors (Lipinski definition) is 8. The van der Waals surface area contributed by atoms with Crippen LogP contribution < -0.4 is 5.73 Å². The zero-order chi connectivity index (χ0) is 16.0. The molecule has 0 saturated carbocycles. The lowest BCUT2D eigenvalue weighted by Crippen LogP contribution is -2.32. The zero-order valence-electron chi connectivity index (χ0n) is 12.4. The van der Waals surface area contributed by atoms with E-state index in [0.717, 1.165) is 11.3 Å². The first-order valence-electron chi connectivity index (χ1n) is 6.33. The molecule has 1 heterocycles. The molecule has 0 aromatic carbocycles. The van der Waals surface area contributed by atoms with Gasteiger partial charge in [-0.1, -0.05) is 12.1 Å². The maximum atomic E-state index is 11.9. The first kappa shape index (κ1) is 17.1. The summed E-state index contributed by atoms with van der Waals surface area (Å²) in [4.78, 5) is 31.8. The SMILES string of the molecule is CCC(O/N=C(\[C]=O)c1csc(N)n1)C(=O)OC(C)(C)C. The molecule has 1 rings (SSSR count). The third-order valence-electron chi connectivity index (χ3n) is 2.17. The van der Waals surface area contributed by atoms with Crippen LogP contribution >= 0.6 is 11.3 Å². The predicted molar refractivity (Wildman–Crippen MR) is 79.8 cm³/mol. The molecule has 2 N–H and O–H groups in total. The highest BCUT2D eigenvalue weighted by Crippen LogP contribution is 2.14. The van der Waals surface area contributed by atoms with E-state index in [9.17, 15) is 9.59 Å². The molecule has 0 aliphatic carbocycles. The Hall–Kier alpha value is -1.96. The van der Waals surface area contributed by atoms with Crippen LogP contribution in [0.2, 0.25) is 0 Å². The fourth-order valence-electron chi connectivity index (χ4n) is 1.28. The van der Waals surface area contributed by atoms with Crippen molar-refractivity contribution in [2.45, 2.75) is 45.8 Å². The summed E-state index contributed by atoms with van der Waals surface area (Å²) in [6.07, 6.45) is 1.06. The number of carbonyl (C=O) groups is 1. The van der Waals surface area contributed by atoms with Crippen LogP contribution in [0.3, 0.4) is 0 Å². The van der Waals surface area contributed by atoms with Gasteiger partial charge in [-0.15, -0.1) is 11.3 Å². The largest absolute Gasteiger partial charge is 0.457 e. The van der Waals surface area contributed by atoms with Crippen molar-refractivity contribution in [1.82, 2.24) is 4.98 Å². The molecule has 21 heavy (non-hydrogen) atoms. The van der Waals surface area contributed by atoms with Crippen molar-refractivity contribution >= 4 is 34.4 Å². The van der Waals surface area contributed by atoms with E-state index in [-0.39, 0.29) is 11.4 Å². The lowest BCUT2D eigenvalue weighted by Gasteiger charge is -2.22. The molecule has 0 saturated heterocycles. The van der Waals surface area contributed by atoms with Crippen LogP contribution in [0.4, 0.5) is 5.13 Å². The van der Waals surface area contributed by atoms with Crippen LogP contribution in [0.15, 0.2) is 10.5 Å². The van der Waals surface area contributed by atoms with Crippen molar-refractivity contribution in [1.29, 1.82) is 0 Å². The Labute approximate surface area is 127 Å². The number of nitrogens with zero attached hydrogens (tertiary/aromatic N) is 2. The molecule has 0 amide bonds. The number of rotatable bonds is 6. The number of aromatic nitrogens is 1. The van der Waals surface area contributed by atoms with Gasteiger partial charge in [0.15, 0.2) is 10.8 Å². The topological polar surface area (TPSA) is 104 Å². The Balaban J connectivity index is 2.78. The molecule has 0 aliphatic rings. The van der Waals surface area contributed by atoms with Gasteiger partial charge in [-0.25, -0.2) is 9.78 Å². The third-order valence-corrected chi connectivity index (χ3v) is 2.85. The standard InChI is InChI=1S/C13H18N3O4S/c1-5-10(11(18)19-13(2,3)4)20-16-8(6-17)9-7-21-12(14)15-9/h7,10H,5H2,1-4H3,(H2,14,15)/b16-8+. The number of esters is 1. The third kappa shape index (κ3) is 5.50. The maximum Gasteiger partial charge on any atom is 0.350 e. The van der Waals surface area contributed by atoms with Gasteiger partial charge in [0, 0.05) is 5.38 Å². The Morgan fingerprint density at radius 2 is 2.24 bits per heavy atom. The van der Waals surface area contributed by atoms with Crippen molar-refractivity contribution < 1.29 is 19.2 Å². The number of anilines is 1. The van der Waals surface area contributed by atoms with Crippen molar-refractivity contribution in [2.75, 3.05) is 5.73 Å². The van der Waals surface area contributed by atoms with E-state index < -0.39 is 17.7 Å². The predicted octanol–water partition coefficient (Wildman–Crippen LogP) is 1.68. The van der Waals surface area contributed by atoms with E-state index >= 15 is 0 Å². The summed E-state index contributed by atoms with van der Waals surface area (Å²) >= 11 is 1.16. The highest BCUT2D eigenvalue weighted by molar-refractivity contribution is 7.13. The first-order chi connectivity index (χ1) is 9.76. The van der Waals surface area contributed by atoms with E-state index in [1.165, 1.54) is 0 Å². The van der Waals surface area contributed by atoms with Crippen LogP contribution in [0.5, 0.6) is 0 Å². The molecule has 1 radical (unpaired) electrons. The molecule has 8 heteroatoms.